The molecule has 0 radical (unpaired) electrons. The number of benzene rings is 1. The summed E-state index contributed by atoms with van der Waals surface area (Å²) >= 11 is 5.85. The number of anilines is 2. The Bertz CT molecular complexity index is 963. The van der Waals surface area contributed by atoms with Gasteiger partial charge in [0.1, 0.15) is 6.29 Å². The molecule has 2 aliphatic heterocycles. The Labute approximate surface area is 178 Å². The lowest BCUT2D eigenvalue weighted by Gasteiger charge is -2.39. The average molecular weight is 431 g/mol. The zero-order valence-corrected chi connectivity index (χ0v) is 16.9. The first kappa shape index (κ1) is 20.3. The first-order valence-electron chi connectivity index (χ1n) is 9.62. The van der Waals surface area contributed by atoms with Crippen LogP contribution in [0, 0.1) is 0 Å². The standard InChI is InChI=1S/C19H23ClN8O2/c20-13-15(22)25-14(21)12(24-13)16(29)26-18-23-10-19(27-18)6-8-28(9-7-19)17(30)11-4-2-1-3-5-11/h1-5,18,23,27H,6-10H2,(H,26,29)(H4,21,22,25). The van der Waals surface area contributed by atoms with E-state index in [1.807, 2.05) is 35.2 Å². The highest BCUT2D eigenvalue weighted by molar-refractivity contribution is 6.31. The van der Waals surface area contributed by atoms with Gasteiger partial charge in [-0.05, 0) is 25.0 Å². The smallest absolute Gasteiger partial charge is 0.276 e. The van der Waals surface area contributed by atoms with E-state index in [1.165, 1.54) is 0 Å². The second-order valence-electron chi connectivity index (χ2n) is 7.50. The predicted octanol–water partition coefficient (Wildman–Crippen LogP) is 0.176. The van der Waals surface area contributed by atoms with Crippen molar-refractivity contribution in [1.29, 1.82) is 0 Å². The summed E-state index contributed by atoms with van der Waals surface area (Å²) in [4.78, 5) is 34.8. The number of rotatable bonds is 3. The van der Waals surface area contributed by atoms with Gasteiger partial charge in [0.15, 0.2) is 22.5 Å². The maximum absolute atomic E-state index is 12.6. The van der Waals surface area contributed by atoms with Gasteiger partial charge in [0.2, 0.25) is 0 Å². The van der Waals surface area contributed by atoms with Crippen LogP contribution in [0.25, 0.3) is 0 Å². The third-order valence-electron chi connectivity index (χ3n) is 5.52. The lowest BCUT2D eigenvalue weighted by Crippen LogP contribution is -2.57. The van der Waals surface area contributed by atoms with Crippen molar-refractivity contribution in [1.82, 2.24) is 30.8 Å². The van der Waals surface area contributed by atoms with Crippen molar-refractivity contribution < 1.29 is 9.59 Å². The maximum atomic E-state index is 12.6. The minimum atomic E-state index is -0.513. The fraction of sp³-hybridized carbons (Fsp3) is 0.368. The molecule has 2 saturated heterocycles. The maximum Gasteiger partial charge on any atom is 0.276 e. The van der Waals surface area contributed by atoms with Gasteiger partial charge in [-0.2, -0.15) is 0 Å². The molecule has 2 amide bonds. The molecule has 30 heavy (non-hydrogen) atoms. The van der Waals surface area contributed by atoms with Crippen molar-refractivity contribution in [3.05, 3.63) is 46.7 Å². The molecule has 1 unspecified atom stereocenters. The van der Waals surface area contributed by atoms with E-state index in [9.17, 15) is 9.59 Å². The minimum Gasteiger partial charge on any atom is -0.382 e. The number of nitrogens with two attached hydrogens (primary N) is 2. The molecule has 158 valence electrons. The molecule has 4 rings (SSSR count). The van der Waals surface area contributed by atoms with E-state index >= 15 is 0 Å². The topological polar surface area (TPSA) is 151 Å². The van der Waals surface area contributed by atoms with Gasteiger partial charge in [0.25, 0.3) is 11.8 Å². The molecule has 0 saturated carbocycles. The van der Waals surface area contributed by atoms with Crippen LogP contribution in [0.5, 0.6) is 0 Å². The van der Waals surface area contributed by atoms with Crippen LogP contribution < -0.4 is 27.4 Å². The van der Waals surface area contributed by atoms with Crippen LogP contribution in [0.4, 0.5) is 11.6 Å². The Morgan fingerprint density at radius 1 is 1.13 bits per heavy atom. The second kappa shape index (κ2) is 8.05. The third kappa shape index (κ3) is 4.02. The zero-order chi connectivity index (χ0) is 21.3. The summed E-state index contributed by atoms with van der Waals surface area (Å²) in [6.07, 6.45) is 1.06. The van der Waals surface area contributed by atoms with E-state index in [1.54, 1.807) is 0 Å². The largest absolute Gasteiger partial charge is 0.382 e. The van der Waals surface area contributed by atoms with E-state index < -0.39 is 12.2 Å². The number of amides is 2. The van der Waals surface area contributed by atoms with Crippen molar-refractivity contribution in [2.24, 2.45) is 0 Å². The van der Waals surface area contributed by atoms with Crippen LogP contribution in [0.15, 0.2) is 30.3 Å². The van der Waals surface area contributed by atoms with Gasteiger partial charge in [-0.3, -0.25) is 20.2 Å². The highest BCUT2D eigenvalue weighted by Gasteiger charge is 2.42. The minimum absolute atomic E-state index is 0.0291. The van der Waals surface area contributed by atoms with Crippen LogP contribution in [0.2, 0.25) is 5.15 Å². The average Bonchev–Trinajstić information content (AvgIpc) is 3.13. The fourth-order valence-corrected chi connectivity index (χ4v) is 3.95. The number of carbonyl (C=O) groups is 2. The normalized spacial score (nSPS) is 20.3. The molecule has 10 nitrogen and oxygen atoms in total. The van der Waals surface area contributed by atoms with E-state index in [-0.39, 0.29) is 33.9 Å². The molecule has 1 atom stereocenters. The van der Waals surface area contributed by atoms with Crippen molar-refractivity contribution in [3.63, 3.8) is 0 Å². The molecule has 2 fully saturated rings. The van der Waals surface area contributed by atoms with Crippen LogP contribution in [0.3, 0.4) is 0 Å². The van der Waals surface area contributed by atoms with Gasteiger partial charge < -0.3 is 21.7 Å². The van der Waals surface area contributed by atoms with Gasteiger partial charge in [0.05, 0.1) is 0 Å². The van der Waals surface area contributed by atoms with E-state index in [0.29, 0.717) is 25.2 Å². The Hall–Kier alpha value is -2.95. The molecule has 0 aliphatic carbocycles. The van der Waals surface area contributed by atoms with Crippen LogP contribution in [0.1, 0.15) is 33.7 Å². The Morgan fingerprint density at radius 2 is 1.83 bits per heavy atom. The van der Waals surface area contributed by atoms with Gasteiger partial charge >= 0.3 is 0 Å². The molecular formula is C19H23ClN8O2. The Kier molecular flexibility index (Phi) is 5.46. The summed E-state index contributed by atoms with van der Waals surface area (Å²) in [5.74, 6) is -0.593. The Balaban J connectivity index is 1.34. The number of likely N-dealkylation sites (tertiary alicyclic amines) is 1. The lowest BCUT2D eigenvalue weighted by atomic mass is 9.88. The first-order chi connectivity index (χ1) is 14.4. The van der Waals surface area contributed by atoms with Crippen molar-refractivity contribution in [2.75, 3.05) is 31.1 Å². The Morgan fingerprint density at radius 3 is 2.53 bits per heavy atom. The molecule has 1 aromatic heterocycles. The van der Waals surface area contributed by atoms with Crippen molar-refractivity contribution >= 4 is 35.1 Å². The summed E-state index contributed by atoms with van der Waals surface area (Å²) < 4.78 is 0. The first-order valence-corrected chi connectivity index (χ1v) is 9.99. The zero-order valence-electron chi connectivity index (χ0n) is 16.2. The molecule has 0 bridgehead atoms. The van der Waals surface area contributed by atoms with Gasteiger partial charge in [0, 0.05) is 30.7 Å². The number of halogens is 1. The summed E-state index contributed by atoms with van der Waals surface area (Å²) in [6.45, 7) is 1.93. The number of nitrogen functional groups attached to an aromatic ring is 2. The number of piperidine rings is 1. The fourth-order valence-electron chi connectivity index (χ4n) is 3.82. The summed E-state index contributed by atoms with van der Waals surface area (Å²) in [7, 11) is 0. The number of hydrogen-bond acceptors (Lipinski definition) is 8. The summed E-state index contributed by atoms with van der Waals surface area (Å²) in [5, 5.41) is 9.38. The summed E-state index contributed by atoms with van der Waals surface area (Å²) in [5.41, 5.74) is 11.7. The molecule has 1 spiro atoms. The molecule has 2 aromatic rings. The number of nitrogens with zero attached hydrogens (tertiary/aromatic N) is 3. The van der Waals surface area contributed by atoms with E-state index in [4.69, 9.17) is 23.1 Å². The van der Waals surface area contributed by atoms with Crippen LogP contribution in [-0.4, -0.2) is 58.1 Å². The van der Waals surface area contributed by atoms with Crippen LogP contribution in [-0.2, 0) is 0 Å². The molecule has 3 heterocycles. The molecular weight excluding hydrogens is 408 g/mol. The molecule has 1 aromatic carbocycles. The van der Waals surface area contributed by atoms with Crippen molar-refractivity contribution in [3.8, 4) is 0 Å². The molecule has 11 heteroatoms. The number of aromatic nitrogens is 2. The van der Waals surface area contributed by atoms with Gasteiger partial charge in [-0.15, -0.1) is 0 Å². The lowest BCUT2D eigenvalue weighted by molar-refractivity contribution is 0.0660. The number of carbonyl (C=O) groups excluding carboxylic acids is 2. The number of hydrogen-bond donors (Lipinski definition) is 5. The van der Waals surface area contributed by atoms with Gasteiger partial charge in [-0.1, -0.05) is 29.8 Å². The van der Waals surface area contributed by atoms with E-state index in [0.717, 1.165) is 12.8 Å². The highest BCUT2D eigenvalue weighted by Crippen LogP contribution is 2.26. The quantitative estimate of drug-likeness (QED) is 0.462. The van der Waals surface area contributed by atoms with E-state index in [2.05, 4.69) is 25.9 Å². The second-order valence-corrected chi connectivity index (χ2v) is 7.86. The predicted molar refractivity (Wildman–Crippen MR) is 113 cm³/mol. The SMILES string of the molecule is Nc1nc(N)c(C(=O)NC2NCC3(CCN(C(=O)c4ccccc4)CC3)N2)nc1Cl. The van der Waals surface area contributed by atoms with Crippen LogP contribution >= 0.6 is 11.6 Å². The molecule has 2 aliphatic rings. The van der Waals surface area contributed by atoms with Gasteiger partial charge in [-0.25, -0.2) is 9.97 Å². The number of nitrogens with one attached hydrogen (secondary N) is 3. The highest BCUT2D eigenvalue weighted by atomic mass is 35.5. The van der Waals surface area contributed by atoms with Crippen molar-refractivity contribution in [2.45, 2.75) is 24.7 Å². The molecule has 7 N–H and O–H groups in total. The summed E-state index contributed by atoms with van der Waals surface area (Å²) in [6, 6.07) is 9.26. The third-order valence-corrected chi connectivity index (χ3v) is 5.80. The monoisotopic (exact) mass is 430 g/mol.